The zero-order valence-corrected chi connectivity index (χ0v) is 11.9. The summed E-state index contributed by atoms with van der Waals surface area (Å²) >= 11 is 0. The summed E-state index contributed by atoms with van der Waals surface area (Å²) in [7, 11) is 0. The van der Waals surface area contributed by atoms with Gasteiger partial charge in [0.2, 0.25) is 0 Å². The standard InChI is InChI=1S/C16H25FN2/c1-2-15-6-4-3-5-9-19(15)12-13-7-8-16(17)14(10-13)11-18/h7-8,10,15H,2-6,9,11-12,18H2,1H3. The first-order valence-corrected chi connectivity index (χ1v) is 7.46. The van der Waals surface area contributed by atoms with Gasteiger partial charge in [0.1, 0.15) is 5.82 Å². The van der Waals surface area contributed by atoms with Crippen molar-refractivity contribution in [2.75, 3.05) is 6.54 Å². The van der Waals surface area contributed by atoms with Gasteiger partial charge in [-0.2, -0.15) is 0 Å². The number of nitrogens with two attached hydrogens (primary N) is 1. The molecule has 1 aliphatic rings. The van der Waals surface area contributed by atoms with Crippen LogP contribution in [-0.2, 0) is 13.1 Å². The summed E-state index contributed by atoms with van der Waals surface area (Å²) in [6.45, 7) is 4.62. The molecule has 1 aliphatic heterocycles. The van der Waals surface area contributed by atoms with E-state index in [1.165, 1.54) is 37.7 Å². The first-order valence-electron chi connectivity index (χ1n) is 7.46. The molecule has 1 fully saturated rings. The maximum absolute atomic E-state index is 13.5. The van der Waals surface area contributed by atoms with Crippen molar-refractivity contribution in [1.29, 1.82) is 0 Å². The van der Waals surface area contributed by atoms with Crippen LogP contribution in [0, 0.1) is 5.82 Å². The molecular formula is C16H25FN2. The van der Waals surface area contributed by atoms with Gasteiger partial charge in [-0.3, -0.25) is 4.90 Å². The van der Waals surface area contributed by atoms with Crippen molar-refractivity contribution in [3.63, 3.8) is 0 Å². The van der Waals surface area contributed by atoms with E-state index in [1.54, 1.807) is 6.07 Å². The van der Waals surface area contributed by atoms with Crippen molar-refractivity contribution in [1.82, 2.24) is 4.90 Å². The molecule has 1 heterocycles. The Morgan fingerprint density at radius 3 is 2.89 bits per heavy atom. The molecule has 1 aromatic rings. The fraction of sp³-hybridized carbons (Fsp3) is 0.625. The molecule has 0 amide bonds. The first-order chi connectivity index (χ1) is 9.24. The second-order valence-electron chi connectivity index (χ2n) is 5.51. The van der Waals surface area contributed by atoms with E-state index in [4.69, 9.17) is 5.73 Å². The predicted molar refractivity (Wildman–Crippen MR) is 77.2 cm³/mol. The average Bonchev–Trinajstić information content (AvgIpc) is 2.66. The summed E-state index contributed by atoms with van der Waals surface area (Å²) in [6, 6.07) is 6.05. The topological polar surface area (TPSA) is 29.3 Å². The second kappa shape index (κ2) is 7.01. The molecule has 1 atom stereocenters. The minimum absolute atomic E-state index is 0.186. The normalized spacial score (nSPS) is 21.3. The molecule has 3 heteroatoms. The summed E-state index contributed by atoms with van der Waals surface area (Å²) in [5.74, 6) is -0.186. The molecule has 2 nitrogen and oxygen atoms in total. The Labute approximate surface area is 115 Å². The average molecular weight is 264 g/mol. The highest BCUT2D eigenvalue weighted by molar-refractivity contribution is 5.25. The van der Waals surface area contributed by atoms with Gasteiger partial charge in [-0.05, 0) is 37.4 Å². The Balaban J connectivity index is 2.09. The SMILES string of the molecule is CCC1CCCCCN1Cc1ccc(F)c(CN)c1. The van der Waals surface area contributed by atoms with Gasteiger partial charge in [0.05, 0.1) is 0 Å². The molecule has 1 unspecified atom stereocenters. The van der Waals surface area contributed by atoms with Crippen LogP contribution in [0.3, 0.4) is 0 Å². The largest absolute Gasteiger partial charge is 0.326 e. The molecule has 106 valence electrons. The van der Waals surface area contributed by atoms with Crippen LogP contribution in [0.4, 0.5) is 4.39 Å². The van der Waals surface area contributed by atoms with Crippen LogP contribution in [0.5, 0.6) is 0 Å². The lowest BCUT2D eigenvalue weighted by Gasteiger charge is -2.29. The van der Waals surface area contributed by atoms with Crippen LogP contribution in [-0.4, -0.2) is 17.5 Å². The Morgan fingerprint density at radius 2 is 2.16 bits per heavy atom. The highest BCUT2D eigenvalue weighted by atomic mass is 19.1. The van der Waals surface area contributed by atoms with Crippen LogP contribution in [0.1, 0.15) is 50.2 Å². The van der Waals surface area contributed by atoms with E-state index < -0.39 is 0 Å². The third-order valence-electron chi connectivity index (χ3n) is 4.19. The Kier molecular flexibility index (Phi) is 5.34. The molecule has 2 rings (SSSR count). The molecule has 0 saturated carbocycles. The summed E-state index contributed by atoms with van der Waals surface area (Å²) in [5, 5.41) is 0. The lowest BCUT2D eigenvalue weighted by atomic mass is 10.1. The number of rotatable bonds is 4. The van der Waals surface area contributed by atoms with E-state index >= 15 is 0 Å². The first kappa shape index (κ1) is 14.5. The number of halogens is 1. The van der Waals surface area contributed by atoms with Gasteiger partial charge >= 0.3 is 0 Å². The zero-order valence-electron chi connectivity index (χ0n) is 11.9. The highest BCUT2D eigenvalue weighted by Gasteiger charge is 2.19. The summed E-state index contributed by atoms with van der Waals surface area (Å²) < 4.78 is 13.5. The van der Waals surface area contributed by atoms with Crippen LogP contribution in [0.25, 0.3) is 0 Å². The predicted octanol–water partition coefficient (Wildman–Crippen LogP) is 3.44. The van der Waals surface area contributed by atoms with E-state index in [0.717, 1.165) is 13.1 Å². The van der Waals surface area contributed by atoms with Gasteiger partial charge in [-0.1, -0.05) is 31.9 Å². The lowest BCUT2D eigenvalue weighted by Crippen LogP contribution is -2.33. The number of hydrogen-bond acceptors (Lipinski definition) is 2. The van der Waals surface area contributed by atoms with Gasteiger partial charge in [0.25, 0.3) is 0 Å². The van der Waals surface area contributed by atoms with Crippen molar-refractivity contribution in [3.8, 4) is 0 Å². The smallest absolute Gasteiger partial charge is 0.127 e. The molecular weight excluding hydrogens is 239 g/mol. The second-order valence-corrected chi connectivity index (χ2v) is 5.51. The van der Waals surface area contributed by atoms with Crippen LogP contribution < -0.4 is 5.73 Å². The van der Waals surface area contributed by atoms with Gasteiger partial charge in [-0.25, -0.2) is 4.39 Å². The van der Waals surface area contributed by atoms with E-state index in [-0.39, 0.29) is 12.4 Å². The lowest BCUT2D eigenvalue weighted by molar-refractivity contribution is 0.186. The van der Waals surface area contributed by atoms with Crippen molar-refractivity contribution in [3.05, 3.63) is 35.1 Å². The molecule has 1 saturated heterocycles. The zero-order chi connectivity index (χ0) is 13.7. The van der Waals surface area contributed by atoms with Crippen molar-refractivity contribution in [2.24, 2.45) is 5.73 Å². The number of benzene rings is 1. The molecule has 0 bridgehead atoms. The van der Waals surface area contributed by atoms with Crippen LogP contribution >= 0.6 is 0 Å². The summed E-state index contributed by atoms with van der Waals surface area (Å²) in [5.41, 5.74) is 7.39. The van der Waals surface area contributed by atoms with Gasteiger partial charge in [-0.15, -0.1) is 0 Å². The quantitative estimate of drug-likeness (QED) is 0.902. The summed E-state index contributed by atoms with van der Waals surface area (Å²) in [6.07, 6.45) is 6.45. The van der Waals surface area contributed by atoms with Gasteiger partial charge in [0.15, 0.2) is 0 Å². The number of nitrogens with zero attached hydrogens (tertiary/aromatic N) is 1. The monoisotopic (exact) mass is 264 g/mol. The fourth-order valence-electron chi connectivity index (χ4n) is 3.02. The van der Waals surface area contributed by atoms with E-state index in [0.29, 0.717) is 11.6 Å². The molecule has 0 radical (unpaired) electrons. The fourth-order valence-corrected chi connectivity index (χ4v) is 3.02. The highest BCUT2D eigenvalue weighted by Crippen LogP contribution is 2.22. The minimum Gasteiger partial charge on any atom is -0.326 e. The molecule has 2 N–H and O–H groups in total. The molecule has 1 aromatic carbocycles. The van der Waals surface area contributed by atoms with Crippen LogP contribution in [0.15, 0.2) is 18.2 Å². The Morgan fingerprint density at radius 1 is 1.32 bits per heavy atom. The molecule has 0 aromatic heterocycles. The van der Waals surface area contributed by atoms with Gasteiger partial charge < -0.3 is 5.73 Å². The van der Waals surface area contributed by atoms with E-state index in [2.05, 4.69) is 11.8 Å². The Hall–Kier alpha value is -0.930. The number of likely N-dealkylation sites (tertiary alicyclic amines) is 1. The molecule has 0 spiro atoms. The summed E-state index contributed by atoms with van der Waals surface area (Å²) in [4.78, 5) is 2.56. The van der Waals surface area contributed by atoms with Crippen LogP contribution in [0.2, 0.25) is 0 Å². The molecule has 0 aliphatic carbocycles. The Bertz CT molecular complexity index is 406. The van der Waals surface area contributed by atoms with Crippen molar-refractivity contribution >= 4 is 0 Å². The third-order valence-corrected chi connectivity index (χ3v) is 4.19. The molecule has 19 heavy (non-hydrogen) atoms. The van der Waals surface area contributed by atoms with Crippen molar-refractivity contribution < 1.29 is 4.39 Å². The minimum atomic E-state index is -0.186. The number of hydrogen-bond donors (Lipinski definition) is 1. The van der Waals surface area contributed by atoms with E-state index in [9.17, 15) is 4.39 Å². The maximum Gasteiger partial charge on any atom is 0.127 e. The van der Waals surface area contributed by atoms with Gasteiger partial charge in [0, 0.05) is 24.7 Å². The third kappa shape index (κ3) is 3.77. The van der Waals surface area contributed by atoms with Crippen molar-refractivity contribution in [2.45, 2.75) is 58.2 Å². The maximum atomic E-state index is 13.5. The van der Waals surface area contributed by atoms with E-state index in [1.807, 2.05) is 12.1 Å².